The highest BCUT2D eigenvalue weighted by Gasteiger charge is 2.20. The third-order valence-electron chi connectivity index (χ3n) is 4.41. The molecule has 3 rings (SSSR count). The standard InChI is InChI=1S/C18H19ClFN/c1-21-18(16-10-9-15(19)11-17(16)20)14-7-5-13(6-8-14)12-3-2-4-12/h5-12,18,21H,2-4H2,1H3. The van der Waals surface area contributed by atoms with E-state index in [1.807, 2.05) is 7.05 Å². The average Bonchev–Trinajstić information content (AvgIpc) is 2.42. The summed E-state index contributed by atoms with van der Waals surface area (Å²) >= 11 is 5.83. The fourth-order valence-electron chi connectivity index (χ4n) is 2.94. The Kier molecular flexibility index (Phi) is 4.27. The van der Waals surface area contributed by atoms with Gasteiger partial charge in [-0.05, 0) is 49.1 Å². The Hall–Kier alpha value is -1.38. The molecule has 1 fully saturated rings. The zero-order valence-electron chi connectivity index (χ0n) is 12.1. The van der Waals surface area contributed by atoms with Gasteiger partial charge in [0.25, 0.3) is 0 Å². The van der Waals surface area contributed by atoms with E-state index in [1.54, 1.807) is 12.1 Å². The SMILES string of the molecule is CNC(c1ccc(C2CCC2)cc1)c1ccc(Cl)cc1F. The van der Waals surface area contributed by atoms with Gasteiger partial charge in [-0.1, -0.05) is 48.4 Å². The Bertz CT molecular complexity index is 620. The van der Waals surface area contributed by atoms with E-state index in [1.165, 1.54) is 30.9 Å². The van der Waals surface area contributed by atoms with Gasteiger partial charge >= 0.3 is 0 Å². The lowest BCUT2D eigenvalue weighted by atomic mass is 9.79. The molecule has 0 saturated heterocycles. The molecule has 3 heteroatoms. The molecule has 0 spiro atoms. The molecule has 0 amide bonds. The van der Waals surface area contributed by atoms with Crippen LogP contribution in [0.5, 0.6) is 0 Å². The zero-order valence-corrected chi connectivity index (χ0v) is 12.8. The molecule has 0 aliphatic heterocycles. The fourth-order valence-corrected chi connectivity index (χ4v) is 3.10. The van der Waals surface area contributed by atoms with Crippen LogP contribution in [-0.2, 0) is 0 Å². The first-order chi connectivity index (χ1) is 10.2. The van der Waals surface area contributed by atoms with Gasteiger partial charge in [0.2, 0.25) is 0 Å². The van der Waals surface area contributed by atoms with Gasteiger partial charge in [0.15, 0.2) is 0 Å². The summed E-state index contributed by atoms with van der Waals surface area (Å²) in [5.41, 5.74) is 3.09. The smallest absolute Gasteiger partial charge is 0.129 e. The van der Waals surface area contributed by atoms with Crippen molar-refractivity contribution in [1.29, 1.82) is 0 Å². The Morgan fingerprint density at radius 2 is 1.86 bits per heavy atom. The lowest BCUT2D eigenvalue weighted by Gasteiger charge is -2.26. The van der Waals surface area contributed by atoms with Crippen LogP contribution in [0.25, 0.3) is 0 Å². The highest BCUT2D eigenvalue weighted by atomic mass is 35.5. The predicted octanol–water partition coefficient (Wildman–Crippen LogP) is 5.06. The van der Waals surface area contributed by atoms with Crippen molar-refractivity contribution in [2.75, 3.05) is 7.05 Å². The molecule has 21 heavy (non-hydrogen) atoms. The number of hydrogen-bond acceptors (Lipinski definition) is 1. The van der Waals surface area contributed by atoms with Crippen LogP contribution in [0.15, 0.2) is 42.5 Å². The second-order valence-corrected chi connectivity index (χ2v) is 6.12. The van der Waals surface area contributed by atoms with Gasteiger partial charge < -0.3 is 5.32 Å². The van der Waals surface area contributed by atoms with E-state index in [-0.39, 0.29) is 11.9 Å². The maximum Gasteiger partial charge on any atom is 0.129 e. The van der Waals surface area contributed by atoms with Crippen LogP contribution in [0.4, 0.5) is 4.39 Å². The Labute approximate surface area is 130 Å². The van der Waals surface area contributed by atoms with Crippen molar-refractivity contribution in [2.45, 2.75) is 31.2 Å². The highest BCUT2D eigenvalue weighted by Crippen LogP contribution is 2.37. The van der Waals surface area contributed by atoms with Crippen LogP contribution < -0.4 is 5.32 Å². The van der Waals surface area contributed by atoms with Gasteiger partial charge in [-0.25, -0.2) is 4.39 Å². The molecule has 1 N–H and O–H groups in total. The fraction of sp³-hybridized carbons (Fsp3) is 0.333. The average molecular weight is 304 g/mol. The number of halogens is 2. The molecule has 2 aromatic rings. The van der Waals surface area contributed by atoms with Crippen molar-refractivity contribution >= 4 is 11.6 Å². The zero-order chi connectivity index (χ0) is 14.8. The molecule has 2 aromatic carbocycles. The normalized spacial score (nSPS) is 16.5. The third-order valence-corrected chi connectivity index (χ3v) is 4.64. The first-order valence-electron chi connectivity index (χ1n) is 7.41. The van der Waals surface area contributed by atoms with E-state index in [9.17, 15) is 4.39 Å². The topological polar surface area (TPSA) is 12.0 Å². The van der Waals surface area contributed by atoms with E-state index >= 15 is 0 Å². The summed E-state index contributed by atoms with van der Waals surface area (Å²) < 4.78 is 14.1. The second kappa shape index (κ2) is 6.17. The van der Waals surface area contributed by atoms with Crippen molar-refractivity contribution in [3.63, 3.8) is 0 Å². The lowest BCUT2D eigenvalue weighted by Crippen LogP contribution is -2.19. The van der Waals surface area contributed by atoms with Gasteiger partial charge in [-0.15, -0.1) is 0 Å². The lowest BCUT2D eigenvalue weighted by molar-refractivity contribution is 0.419. The van der Waals surface area contributed by atoms with Gasteiger partial charge in [0, 0.05) is 10.6 Å². The number of hydrogen-bond donors (Lipinski definition) is 1. The molecule has 1 saturated carbocycles. The molecule has 0 bridgehead atoms. The van der Waals surface area contributed by atoms with Crippen molar-refractivity contribution < 1.29 is 4.39 Å². The summed E-state index contributed by atoms with van der Waals surface area (Å²) in [6, 6.07) is 13.2. The minimum absolute atomic E-state index is 0.155. The molecule has 0 radical (unpaired) electrons. The van der Waals surface area contributed by atoms with Gasteiger partial charge in [0.05, 0.1) is 6.04 Å². The quantitative estimate of drug-likeness (QED) is 0.833. The van der Waals surface area contributed by atoms with Crippen LogP contribution in [0.1, 0.15) is 47.9 Å². The number of benzene rings is 2. The summed E-state index contributed by atoms with van der Waals surface area (Å²) in [4.78, 5) is 0. The molecule has 1 unspecified atom stereocenters. The Morgan fingerprint density at radius 3 is 2.38 bits per heavy atom. The van der Waals surface area contributed by atoms with Crippen LogP contribution >= 0.6 is 11.6 Å². The monoisotopic (exact) mass is 303 g/mol. The van der Waals surface area contributed by atoms with Gasteiger partial charge in [-0.2, -0.15) is 0 Å². The van der Waals surface area contributed by atoms with E-state index in [0.29, 0.717) is 10.6 Å². The summed E-state index contributed by atoms with van der Waals surface area (Å²) in [6.07, 6.45) is 3.92. The molecule has 1 aliphatic rings. The molecule has 1 nitrogen and oxygen atoms in total. The van der Waals surface area contributed by atoms with Crippen molar-refractivity contribution in [3.05, 3.63) is 70.0 Å². The van der Waals surface area contributed by atoms with E-state index in [2.05, 4.69) is 29.6 Å². The number of rotatable bonds is 4. The minimum Gasteiger partial charge on any atom is -0.309 e. The summed E-state index contributed by atoms with van der Waals surface area (Å²) in [5.74, 6) is 0.448. The van der Waals surface area contributed by atoms with Crippen LogP contribution in [0, 0.1) is 5.82 Å². The summed E-state index contributed by atoms with van der Waals surface area (Å²) in [6.45, 7) is 0. The summed E-state index contributed by atoms with van der Waals surface area (Å²) in [5, 5.41) is 3.61. The van der Waals surface area contributed by atoms with Crippen LogP contribution in [-0.4, -0.2) is 7.05 Å². The molecule has 1 aliphatic carbocycles. The molecule has 0 heterocycles. The highest BCUT2D eigenvalue weighted by molar-refractivity contribution is 6.30. The van der Waals surface area contributed by atoms with Crippen LogP contribution in [0.2, 0.25) is 5.02 Å². The predicted molar refractivity (Wildman–Crippen MR) is 85.3 cm³/mol. The molecule has 1 atom stereocenters. The van der Waals surface area contributed by atoms with Crippen LogP contribution in [0.3, 0.4) is 0 Å². The van der Waals surface area contributed by atoms with E-state index in [0.717, 1.165) is 11.5 Å². The minimum atomic E-state index is -0.273. The van der Waals surface area contributed by atoms with E-state index in [4.69, 9.17) is 11.6 Å². The summed E-state index contributed by atoms with van der Waals surface area (Å²) in [7, 11) is 1.85. The maximum absolute atomic E-state index is 14.1. The Morgan fingerprint density at radius 1 is 1.14 bits per heavy atom. The molecular weight excluding hydrogens is 285 g/mol. The molecule has 0 aromatic heterocycles. The van der Waals surface area contributed by atoms with Crippen molar-refractivity contribution in [2.24, 2.45) is 0 Å². The Balaban J connectivity index is 1.88. The molecule has 110 valence electrons. The van der Waals surface area contributed by atoms with E-state index < -0.39 is 0 Å². The van der Waals surface area contributed by atoms with Crippen molar-refractivity contribution in [3.8, 4) is 0 Å². The van der Waals surface area contributed by atoms with Crippen molar-refractivity contribution in [1.82, 2.24) is 5.32 Å². The first-order valence-corrected chi connectivity index (χ1v) is 7.79. The largest absolute Gasteiger partial charge is 0.309 e. The molecular formula is C18H19ClFN. The number of nitrogens with one attached hydrogen (secondary N) is 1. The second-order valence-electron chi connectivity index (χ2n) is 5.68. The van der Waals surface area contributed by atoms with Gasteiger partial charge in [0.1, 0.15) is 5.82 Å². The maximum atomic E-state index is 14.1. The van der Waals surface area contributed by atoms with Gasteiger partial charge in [-0.3, -0.25) is 0 Å². The third kappa shape index (κ3) is 2.97. The first kappa shape index (κ1) is 14.6.